The van der Waals surface area contributed by atoms with Gasteiger partial charge in [0.05, 0.1) is 10.6 Å². The molecule has 6 nitrogen and oxygen atoms in total. The number of fused-ring (bicyclic) bond motifs is 1. The van der Waals surface area contributed by atoms with E-state index in [0.717, 1.165) is 15.4 Å². The van der Waals surface area contributed by atoms with Crippen molar-refractivity contribution in [3.63, 3.8) is 0 Å². The van der Waals surface area contributed by atoms with E-state index >= 15 is 0 Å². The Morgan fingerprint density at radius 1 is 0.838 bits per heavy atom. The fourth-order valence-electron chi connectivity index (χ4n) is 4.72. The Balaban J connectivity index is 1.67. The molecule has 0 fully saturated rings. The number of aryl methyl sites for hydroxylation is 1. The Kier molecular flexibility index (Phi) is 6.39. The first kappa shape index (κ1) is 24.5. The lowest BCUT2D eigenvalue weighted by Gasteiger charge is -2.42. The molecule has 2 amide bonds. The standard InChI is InChI=1S/C30H26N2O4S/c1-22-16-18-26(19-17-22)37(35,36)32-27-15-9-8-14-25(27)21-30(29(32)34,20-23-10-4-2-5-11-23)31-28(33)24-12-6-3-7-13-24/h2-19H,20-21H2,1H3,(H,31,33). The maximum atomic E-state index is 14.4. The van der Waals surface area contributed by atoms with Gasteiger partial charge in [-0.15, -0.1) is 0 Å². The summed E-state index contributed by atoms with van der Waals surface area (Å²) in [4.78, 5) is 27.8. The maximum Gasteiger partial charge on any atom is 0.270 e. The molecule has 0 spiro atoms. The molecule has 37 heavy (non-hydrogen) atoms. The van der Waals surface area contributed by atoms with Gasteiger partial charge < -0.3 is 5.32 Å². The van der Waals surface area contributed by atoms with Crippen LogP contribution >= 0.6 is 0 Å². The molecule has 0 radical (unpaired) electrons. The monoisotopic (exact) mass is 510 g/mol. The van der Waals surface area contributed by atoms with Gasteiger partial charge in [-0.05, 0) is 48.4 Å². The van der Waals surface area contributed by atoms with Crippen LogP contribution in [-0.4, -0.2) is 25.8 Å². The van der Waals surface area contributed by atoms with Crippen LogP contribution in [0.25, 0.3) is 0 Å². The van der Waals surface area contributed by atoms with Crippen molar-refractivity contribution in [2.75, 3.05) is 4.31 Å². The number of rotatable bonds is 6. The number of para-hydroxylation sites is 1. The van der Waals surface area contributed by atoms with Crippen LogP contribution in [0, 0.1) is 6.92 Å². The van der Waals surface area contributed by atoms with Crippen molar-refractivity contribution in [3.8, 4) is 0 Å². The number of amides is 2. The van der Waals surface area contributed by atoms with Gasteiger partial charge in [0, 0.05) is 18.4 Å². The van der Waals surface area contributed by atoms with Gasteiger partial charge in [-0.3, -0.25) is 9.59 Å². The van der Waals surface area contributed by atoms with E-state index in [1.807, 2.05) is 37.3 Å². The van der Waals surface area contributed by atoms with Crippen molar-refractivity contribution in [1.82, 2.24) is 5.32 Å². The third-order valence-corrected chi connectivity index (χ3v) is 8.30. The molecule has 0 bridgehead atoms. The van der Waals surface area contributed by atoms with Gasteiger partial charge in [0.15, 0.2) is 0 Å². The highest BCUT2D eigenvalue weighted by Crippen LogP contribution is 2.38. The number of hydrogen-bond acceptors (Lipinski definition) is 4. The van der Waals surface area contributed by atoms with Crippen LogP contribution in [0.15, 0.2) is 114 Å². The van der Waals surface area contributed by atoms with Crippen LogP contribution in [0.5, 0.6) is 0 Å². The van der Waals surface area contributed by atoms with E-state index in [0.29, 0.717) is 16.8 Å². The lowest BCUT2D eigenvalue weighted by atomic mass is 9.80. The Morgan fingerprint density at radius 3 is 2.11 bits per heavy atom. The quantitative estimate of drug-likeness (QED) is 0.408. The number of hydrogen-bond donors (Lipinski definition) is 1. The summed E-state index contributed by atoms with van der Waals surface area (Å²) in [5.74, 6) is -1.14. The SMILES string of the molecule is Cc1ccc(S(=O)(=O)N2C(=O)C(Cc3ccccc3)(NC(=O)c3ccccc3)Cc3ccccc32)cc1. The predicted molar refractivity (Wildman–Crippen MR) is 143 cm³/mol. The Bertz CT molecular complexity index is 1550. The summed E-state index contributed by atoms with van der Waals surface area (Å²) in [6, 6.07) is 31.2. The van der Waals surface area contributed by atoms with Gasteiger partial charge in [-0.2, -0.15) is 0 Å². The summed E-state index contributed by atoms with van der Waals surface area (Å²) >= 11 is 0. The predicted octanol–water partition coefficient (Wildman–Crippen LogP) is 4.68. The van der Waals surface area contributed by atoms with E-state index in [-0.39, 0.29) is 17.7 Å². The van der Waals surface area contributed by atoms with Crippen molar-refractivity contribution in [1.29, 1.82) is 0 Å². The van der Waals surface area contributed by atoms with Crippen LogP contribution in [-0.2, 0) is 27.7 Å². The summed E-state index contributed by atoms with van der Waals surface area (Å²) in [6.45, 7) is 1.86. The molecular weight excluding hydrogens is 484 g/mol. The average Bonchev–Trinajstić information content (AvgIpc) is 2.90. The highest BCUT2D eigenvalue weighted by atomic mass is 32.2. The van der Waals surface area contributed by atoms with E-state index in [9.17, 15) is 18.0 Å². The van der Waals surface area contributed by atoms with E-state index in [1.165, 1.54) is 12.1 Å². The third-order valence-electron chi connectivity index (χ3n) is 6.59. The highest BCUT2D eigenvalue weighted by molar-refractivity contribution is 7.93. The Labute approximate surface area is 216 Å². The fourth-order valence-corrected chi connectivity index (χ4v) is 6.24. The fraction of sp³-hybridized carbons (Fsp3) is 0.133. The largest absolute Gasteiger partial charge is 0.337 e. The molecule has 186 valence electrons. The zero-order valence-corrected chi connectivity index (χ0v) is 21.1. The number of carbonyl (C=O) groups is 2. The van der Waals surface area contributed by atoms with Crippen LogP contribution in [0.4, 0.5) is 5.69 Å². The lowest BCUT2D eigenvalue weighted by Crippen LogP contribution is -2.65. The number of nitrogens with one attached hydrogen (secondary N) is 1. The van der Waals surface area contributed by atoms with E-state index in [2.05, 4.69) is 5.32 Å². The van der Waals surface area contributed by atoms with E-state index in [4.69, 9.17) is 0 Å². The van der Waals surface area contributed by atoms with Crippen LogP contribution in [0.1, 0.15) is 27.0 Å². The molecule has 1 N–H and O–H groups in total. The number of anilines is 1. The van der Waals surface area contributed by atoms with Crippen molar-refractivity contribution in [2.24, 2.45) is 0 Å². The van der Waals surface area contributed by atoms with E-state index < -0.39 is 27.4 Å². The molecule has 1 aliphatic rings. The van der Waals surface area contributed by atoms with Crippen molar-refractivity contribution >= 4 is 27.5 Å². The van der Waals surface area contributed by atoms with Gasteiger partial charge in [0.25, 0.3) is 21.8 Å². The highest BCUT2D eigenvalue weighted by Gasteiger charge is 2.51. The number of benzene rings is 4. The zero-order chi connectivity index (χ0) is 26.0. The molecule has 1 unspecified atom stereocenters. The minimum Gasteiger partial charge on any atom is -0.337 e. The van der Waals surface area contributed by atoms with Crippen LogP contribution < -0.4 is 9.62 Å². The lowest BCUT2D eigenvalue weighted by molar-refractivity contribution is -0.124. The summed E-state index contributed by atoms with van der Waals surface area (Å²) in [7, 11) is -4.27. The molecule has 4 aromatic rings. The van der Waals surface area contributed by atoms with Crippen molar-refractivity contribution in [2.45, 2.75) is 30.2 Å². The Morgan fingerprint density at radius 2 is 1.43 bits per heavy atom. The minimum absolute atomic E-state index is 0.00569. The Hall–Kier alpha value is -4.23. The molecular formula is C30H26N2O4S. The minimum atomic E-state index is -4.27. The normalized spacial score (nSPS) is 17.2. The summed E-state index contributed by atoms with van der Waals surface area (Å²) in [5.41, 5.74) is 1.51. The van der Waals surface area contributed by atoms with Gasteiger partial charge >= 0.3 is 0 Å². The van der Waals surface area contributed by atoms with Gasteiger partial charge in [0.2, 0.25) is 0 Å². The zero-order valence-electron chi connectivity index (χ0n) is 20.3. The number of sulfonamides is 1. The second-order valence-electron chi connectivity index (χ2n) is 9.26. The summed E-state index contributed by atoms with van der Waals surface area (Å²) in [5, 5.41) is 2.96. The van der Waals surface area contributed by atoms with Gasteiger partial charge in [0.1, 0.15) is 5.54 Å². The molecule has 4 aromatic carbocycles. The molecule has 5 rings (SSSR count). The molecule has 7 heteroatoms. The smallest absolute Gasteiger partial charge is 0.270 e. The second-order valence-corrected chi connectivity index (χ2v) is 11.0. The topological polar surface area (TPSA) is 83.6 Å². The first-order valence-corrected chi connectivity index (χ1v) is 13.4. The first-order chi connectivity index (χ1) is 17.8. The molecule has 0 saturated carbocycles. The molecule has 1 atom stereocenters. The molecule has 0 saturated heterocycles. The molecule has 1 aliphatic heterocycles. The number of carbonyl (C=O) groups excluding carboxylic acids is 2. The van der Waals surface area contributed by atoms with Gasteiger partial charge in [-0.1, -0.05) is 84.4 Å². The first-order valence-electron chi connectivity index (χ1n) is 12.0. The van der Waals surface area contributed by atoms with E-state index in [1.54, 1.807) is 66.7 Å². The van der Waals surface area contributed by atoms with Crippen LogP contribution in [0.2, 0.25) is 0 Å². The summed E-state index contributed by atoms with van der Waals surface area (Å²) < 4.78 is 28.8. The third kappa shape index (κ3) is 4.66. The van der Waals surface area contributed by atoms with Crippen LogP contribution in [0.3, 0.4) is 0 Å². The average molecular weight is 511 g/mol. The second kappa shape index (κ2) is 9.67. The van der Waals surface area contributed by atoms with Crippen molar-refractivity contribution in [3.05, 3.63) is 131 Å². The molecule has 0 aromatic heterocycles. The molecule has 1 heterocycles. The molecule has 0 aliphatic carbocycles. The number of nitrogens with zero attached hydrogens (tertiary/aromatic N) is 1. The maximum absolute atomic E-state index is 14.4. The summed E-state index contributed by atoms with van der Waals surface area (Å²) in [6.07, 6.45) is 0.273. The van der Waals surface area contributed by atoms with Crippen molar-refractivity contribution < 1.29 is 18.0 Å². The van der Waals surface area contributed by atoms with Gasteiger partial charge in [-0.25, -0.2) is 12.7 Å².